The van der Waals surface area contributed by atoms with Crippen molar-refractivity contribution >= 4 is 17.5 Å². The Kier molecular flexibility index (Phi) is 6.67. The van der Waals surface area contributed by atoms with Crippen molar-refractivity contribution in [1.82, 2.24) is 4.98 Å². The number of nitrogen functional groups attached to an aromatic ring is 1. The molecule has 0 aliphatic rings. The number of carbonyl (C=O) groups is 1. The summed E-state index contributed by atoms with van der Waals surface area (Å²) in [5, 5.41) is 3.12. The Balaban J connectivity index is 2.63. The highest BCUT2D eigenvalue weighted by Gasteiger charge is 2.14. The van der Waals surface area contributed by atoms with Crippen LogP contribution in [0.1, 0.15) is 30.1 Å². The van der Waals surface area contributed by atoms with Gasteiger partial charge in [0.25, 0.3) is 0 Å². The zero-order valence-electron chi connectivity index (χ0n) is 11.4. The van der Waals surface area contributed by atoms with Crippen molar-refractivity contribution in [3.8, 4) is 0 Å². The van der Waals surface area contributed by atoms with Crippen LogP contribution in [0.15, 0.2) is 12.3 Å². The van der Waals surface area contributed by atoms with Gasteiger partial charge in [0, 0.05) is 20.3 Å². The number of nitrogens with one attached hydrogen (secondary N) is 1. The van der Waals surface area contributed by atoms with E-state index in [9.17, 15) is 4.79 Å². The van der Waals surface area contributed by atoms with Gasteiger partial charge in [0.05, 0.1) is 18.5 Å². The topological polar surface area (TPSA) is 86.5 Å². The molecule has 0 saturated carbocycles. The average Bonchev–Trinajstić information content (AvgIpc) is 2.40. The molecule has 106 valence electrons. The van der Waals surface area contributed by atoms with Crippen molar-refractivity contribution in [2.45, 2.75) is 19.8 Å². The van der Waals surface area contributed by atoms with E-state index >= 15 is 0 Å². The number of carbonyl (C=O) groups excluding carboxylic acids is 1. The minimum atomic E-state index is -0.415. The number of hydrogen-bond donors (Lipinski definition) is 2. The number of aromatic nitrogens is 1. The Hall–Kier alpha value is -1.82. The minimum Gasteiger partial charge on any atom is -0.462 e. The van der Waals surface area contributed by atoms with E-state index < -0.39 is 5.97 Å². The monoisotopic (exact) mass is 267 g/mol. The molecule has 1 heterocycles. The first-order chi connectivity index (χ1) is 9.19. The quantitative estimate of drug-likeness (QED) is 0.550. The van der Waals surface area contributed by atoms with Gasteiger partial charge in [-0.3, -0.25) is 0 Å². The smallest absolute Gasteiger partial charge is 0.341 e. The Bertz CT molecular complexity index is 410. The molecule has 3 N–H and O–H groups in total. The maximum absolute atomic E-state index is 11.8. The number of ether oxygens (including phenoxy) is 2. The summed E-state index contributed by atoms with van der Waals surface area (Å²) in [7, 11) is 1.67. The number of nitrogens with zero attached hydrogens (tertiary/aromatic N) is 1. The number of pyridine rings is 1. The summed E-state index contributed by atoms with van der Waals surface area (Å²) in [4.78, 5) is 15.9. The van der Waals surface area contributed by atoms with Gasteiger partial charge in [-0.2, -0.15) is 0 Å². The van der Waals surface area contributed by atoms with Gasteiger partial charge in [0.1, 0.15) is 11.4 Å². The molecule has 0 spiro atoms. The van der Waals surface area contributed by atoms with Gasteiger partial charge in [-0.1, -0.05) is 0 Å². The molecular formula is C13H21N3O3. The molecule has 6 heteroatoms. The first-order valence-corrected chi connectivity index (χ1v) is 6.34. The lowest BCUT2D eigenvalue weighted by Gasteiger charge is -2.10. The molecule has 1 aromatic heterocycles. The van der Waals surface area contributed by atoms with Crippen LogP contribution in [0.5, 0.6) is 0 Å². The normalized spacial score (nSPS) is 10.2. The number of unbranched alkanes of at least 4 members (excludes halogenated alkanes) is 1. The minimum absolute atomic E-state index is 0.320. The van der Waals surface area contributed by atoms with E-state index in [1.54, 1.807) is 20.1 Å². The van der Waals surface area contributed by atoms with E-state index in [4.69, 9.17) is 15.2 Å². The largest absolute Gasteiger partial charge is 0.462 e. The molecule has 0 bridgehead atoms. The second-order valence-electron chi connectivity index (χ2n) is 4.01. The second-order valence-corrected chi connectivity index (χ2v) is 4.01. The van der Waals surface area contributed by atoms with Crippen LogP contribution < -0.4 is 11.1 Å². The van der Waals surface area contributed by atoms with E-state index in [0.717, 1.165) is 19.4 Å². The first kappa shape index (κ1) is 15.2. The number of methoxy groups -OCH3 is 1. The summed E-state index contributed by atoms with van der Waals surface area (Å²) < 4.78 is 9.94. The lowest BCUT2D eigenvalue weighted by atomic mass is 10.2. The molecule has 0 unspecified atom stereocenters. The maximum Gasteiger partial charge on any atom is 0.341 e. The van der Waals surface area contributed by atoms with Gasteiger partial charge in [-0.15, -0.1) is 0 Å². The van der Waals surface area contributed by atoms with Crippen LogP contribution in [0.4, 0.5) is 11.5 Å². The van der Waals surface area contributed by atoms with Crippen molar-refractivity contribution in [2.75, 3.05) is 37.9 Å². The molecule has 0 aromatic carbocycles. The zero-order chi connectivity index (χ0) is 14.1. The number of rotatable bonds is 8. The predicted molar refractivity (Wildman–Crippen MR) is 74.2 cm³/mol. The molecule has 1 rings (SSSR count). The van der Waals surface area contributed by atoms with Crippen LogP contribution in [0.2, 0.25) is 0 Å². The number of hydrogen-bond acceptors (Lipinski definition) is 6. The van der Waals surface area contributed by atoms with Gasteiger partial charge in [-0.25, -0.2) is 9.78 Å². The Morgan fingerprint density at radius 3 is 2.95 bits per heavy atom. The van der Waals surface area contributed by atoms with E-state index in [1.807, 2.05) is 0 Å². The molecule has 0 aliphatic carbocycles. The first-order valence-electron chi connectivity index (χ1n) is 6.34. The van der Waals surface area contributed by atoms with Gasteiger partial charge in [0.15, 0.2) is 0 Å². The van der Waals surface area contributed by atoms with Crippen molar-refractivity contribution in [3.63, 3.8) is 0 Å². The number of nitrogens with two attached hydrogens (primary N) is 1. The standard InChI is InChI=1S/C13H21N3O3/c1-3-19-13(17)11-8-10(14)9-16-12(11)15-6-4-5-7-18-2/h8-9H,3-7,14H2,1-2H3,(H,15,16). The lowest BCUT2D eigenvalue weighted by molar-refractivity contribution is 0.0527. The summed E-state index contributed by atoms with van der Waals surface area (Å²) in [6, 6.07) is 1.57. The Morgan fingerprint density at radius 2 is 2.26 bits per heavy atom. The third kappa shape index (κ3) is 5.13. The van der Waals surface area contributed by atoms with Crippen LogP contribution in [-0.2, 0) is 9.47 Å². The van der Waals surface area contributed by atoms with Gasteiger partial charge in [-0.05, 0) is 25.8 Å². The van der Waals surface area contributed by atoms with Crippen molar-refractivity contribution < 1.29 is 14.3 Å². The second kappa shape index (κ2) is 8.31. The Labute approximate surface area is 113 Å². The zero-order valence-corrected chi connectivity index (χ0v) is 11.4. The summed E-state index contributed by atoms with van der Waals surface area (Å²) in [5.74, 6) is 0.0896. The van der Waals surface area contributed by atoms with Crippen molar-refractivity contribution in [2.24, 2.45) is 0 Å². The highest BCUT2D eigenvalue weighted by atomic mass is 16.5. The summed E-state index contributed by atoms with van der Waals surface area (Å²) >= 11 is 0. The van der Waals surface area contributed by atoms with Crippen LogP contribution in [0.3, 0.4) is 0 Å². The molecule has 0 amide bonds. The van der Waals surface area contributed by atoms with E-state index in [0.29, 0.717) is 30.2 Å². The fourth-order valence-electron chi connectivity index (χ4n) is 1.56. The molecule has 0 saturated heterocycles. The molecule has 6 nitrogen and oxygen atoms in total. The SMILES string of the molecule is CCOC(=O)c1cc(N)cnc1NCCCCOC. The van der Waals surface area contributed by atoms with Crippen LogP contribution in [0, 0.1) is 0 Å². The third-order valence-corrected chi connectivity index (χ3v) is 2.47. The third-order valence-electron chi connectivity index (χ3n) is 2.47. The van der Waals surface area contributed by atoms with Gasteiger partial charge >= 0.3 is 5.97 Å². The van der Waals surface area contributed by atoms with Gasteiger partial charge in [0.2, 0.25) is 0 Å². The summed E-state index contributed by atoms with van der Waals surface area (Å²) in [6.45, 7) is 3.52. The highest BCUT2D eigenvalue weighted by Crippen LogP contribution is 2.16. The fraction of sp³-hybridized carbons (Fsp3) is 0.538. The molecule has 0 aliphatic heterocycles. The van der Waals surface area contributed by atoms with Gasteiger partial charge < -0.3 is 20.5 Å². The maximum atomic E-state index is 11.8. The molecule has 0 atom stereocenters. The lowest BCUT2D eigenvalue weighted by Crippen LogP contribution is -2.13. The Morgan fingerprint density at radius 1 is 1.47 bits per heavy atom. The number of anilines is 2. The van der Waals surface area contributed by atoms with Crippen LogP contribution in [0.25, 0.3) is 0 Å². The van der Waals surface area contributed by atoms with E-state index in [1.165, 1.54) is 6.20 Å². The summed E-state index contributed by atoms with van der Waals surface area (Å²) in [6.07, 6.45) is 3.40. The molecular weight excluding hydrogens is 246 g/mol. The molecule has 19 heavy (non-hydrogen) atoms. The van der Waals surface area contributed by atoms with Crippen LogP contribution in [-0.4, -0.2) is 37.8 Å². The van der Waals surface area contributed by atoms with Crippen LogP contribution >= 0.6 is 0 Å². The summed E-state index contributed by atoms with van der Waals surface area (Å²) in [5.41, 5.74) is 6.45. The van der Waals surface area contributed by atoms with E-state index in [2.05, 4.69) is 10.3 Å². The molecule has 0 radical (unpaired) electrons. The highest BCUT2D eigenvalue weighted by molar-refractivity contribution is 5.95. The number of esters is 1. The van der Waals surface area contributed by atoms with E-state index in [-0.39, 0.29) is 0 Å². The predicted octanol–water partition coefficient (Wildman–Crippen LogP) is 1.68. The molecule has 1 aromatic rings. The molecule has 0 fully saturated rings. The fourth-order valence-corrected chi connectivity index (χ4v) is 1.56. The average molecular weight is 267 g/mol. The van der Waals surface area contributed by atoms with Crippen molar-refractivity contribution in [3.05, 3.63) is 17.8 Å². The van der Waals surface area contributed by atoms with Crippen molar-refractivity contribution in [1.29, 1.82) is 0 Å².